The molecule has 1 saturated heterocycles. The average molecular weight is 308 g/mol. The minimum absolute atomic E-state index is 0.126. The van der Waals surface area contributed by atoms with Crippen molar-refractivity contribution in [3.8, 4) is 0 Å². The third-order valence-electron chi connectivity index (χ3n) is 5.25. The van der Waals surface area contributed by atoms with Crippen LogP contribution in [0.25, 0.3) is 0 Å². The molecule has 0 radical (unpaired) electrons. The third kappa shape index (κ3) is 4.72. The van der Waals surface area contributed by atoms with E-state index in [0.29, 0.717) is 11.8 Å². The van der Waals surface area contributed by atoms with E-state index in [4.69, 9.17) is 0 Å². The van der Waals surface area contributed by atoms with Crippen molar-refractivity contribution in [3.63, 3.8) is 0 Å². The predicted molar refractivity (Wildman–Crippen MR) is 88.3 cm³/mol. The summed E-state index contributed by atoms with van der Waals surface area (Å²) >= 11 is 0. The summed E-state index contributed by atoms with van der Waals surface area (Å²) in [5.74, 6) is 1.46. The molecule has 22 heavy (non-hydrogen) atoms. The Balaban J connectivity index is 1.74. The molecule has 0 aromatic rings. The summed E-state index contributed by atoms with van der Waals surface area (Å²) in [6.45, 7) is 7.01. The van der Waals surface area contributed by atoms with Crippen LogP contribution < -0.4 is 5.32 Å². The standard InChI is InChI=1S/C18H32N2O2/c1-3-4-11-19-17(21)15-7-9-16(10-8-15)18(22)20-12-5-6-14(2)13-20/h14-16H,3-13H2,1-2H3,(H,19,21). The highest BCUT2D eigenvalue weighted by atomic mass is 16.2. The highest BCUT2D eigenvalue weighted by Crippen LogP contribution is 2.31. The van der Waals surface area contributed by atoms with Crippen LogP contribution in [0.2, 0.25) is 0 Å². The van der Waals surface area contributed by atoms with E-state index in [-0.39, 0.29) is 17.7 Å². The molecule has 2 rings (SSSR count). The van der Waals surface area contributed by atoms with Crippen molar-refractivity contribution in [1.82, 2.24) is 10.2 Å². The molecule has 2 aliphatic rings. The monoisotopic (exact) mass is 308 g/mol. The summed E-state index contributed by atoms with van der Waals surface area (Å²) in [7, 11) is 0. The fraction of sp³-hybridized carbons (Fsp3) is 0.889. The molecule has 1 heterocycles. The van der Waals surface area contributed by atoms with Crippen LogP contribution in [0.1, 0.15) is 65.2 Å². The Labute approximate surface area is 135 Å². The summed E-state index contributed by atoms with van der Waals surface area (Å²) in [4.78, 5) is 26.8. The first kappa shape index (κ1) is 17.3. The van der Waals surface area contributed by atoms with Gasteiger partial charge >= 0.3 is 0 Å². The van der Waals surface area contributed by atoms with Crippen LogP contribution in [0, 0.1) is 17.8 Å². The Hall–Kier alpha value is -1.06. The van der Waals surface area contributed by atoms with Crippen molar-refractivity contribution in [2.75, 3.05) is 19.6 Å². The minimum Gasteiger partial charge on any atom is -0.356 e. The lowest BCUT2D eigenvalue weighted by Crippen LogP contribution is -2.44. The fourth-order valence-corrected chi connectivity index (χ4v) is 3.78. The number of unbranched alkanes of at least 4 members (excludes halogenated alkanes) is 1. The molecule has 1 saturated carbocycles. The maximum Gasteiger partial charge on any atom is 0.225 e. The van der Waals surface area contributed by atoms with Crippen LogP contribution in [0.4, 0.5) is 0 Å². The van der Waals surface area contributed by atoms with Crippen molar-refractivity contribution >= 4 is 11.8 Å². The Morgan fingerprint density at radius 3 is 2.41 bits per heavy atom. The molecule has 2 fully saturated rings. The van der Waals surface area contributed by atoms with Crippen molar-refractivity contribution < 1.29 is 9.59 Å². The van der Waals surface area contributed by atoms with Crippen molar-refractivity contribution in [2.24, 2.45) is 17.8 Å². The number of nitrogens with zero attached hydrogens (tertiary/aromatic N) is 1. The summed E-state index contributed by atoms with van der Waals surface area (Å²) in [5, 5.41) is 3.03. The maximum atomic E-state index is 12.6. The number of amides is 2. The Kier molecular flexibility index (Phi) is 6.71. The number of piperidine rings is 1. The van der Waals surface area contributed by atoms with Crippen LogP contribution in [0.3, 0.4) is 0 Å². The summed E-state index contributed by atoms with van der Waals surface area (Å²) < 4.78 is 0. The van der Waals surface area contributed by atoms with Crippen LogP contribution in [-0.4, -0.2) is 36.3 Å². The van der Waals surface area contributed by atoms with Gasteiger partial charge < -0.3 is 10.2 Å². The zero-order chi connectivity index (χ0) is 15.9. The van der Waals surface area contributed by atoms with Gasteiger partial charge in [0.1, 0.15) is 0 Å². The first-order valence-corrected chi connectivity index (χ1v) is 9.18. The van der Waals surface area contributed by atoms with E-state index in [1.54, 1.807) is 0 Å². The topological polar surface area (TPSA) is 49.4 Å². The molecule has 126 valence electrons. The van der Waals surface area contributed by atoms with Crippen LogP contribution >= 0.6 is 0 Å². The number of likely N-dealkylation sites (tertiary alicyclic amines) is 1. The molecule has 1 aliphatic heterocycles. The average Bonchev–Trinajstić information content (AvgIpc) is 2.54. The number of carbonyl (C=O) groups is 2. The van der Waals surface area contributed by atoms with Crippen molar-refractivity contribution in [3.05, 3.63) is 0 Å². The van der Waals surface area contributed by atoms with Gasteiger partial charge in [-0.3, -0.25) is 9.59 Å². The molecule has 1 N–H and O–H groups in total. The largest absolute Gasteiger partial charge is 0.356 e. The Morgan fingerprint density at radius 1 is 1.09 bits per heavy atom. The normalized spacial score (nSPS) is 29.2. The summed E-state index contributed by atoms with van der Waals surface area (Å²) in [6.07, 6.45) is 8.06. The Bertz CT molecular complexity index is 375. The van der Waals surface area contributed by atoms with Gasteiger partial charge in [-0.2, -0.15) is 0 Å². The quantitative estimate of drug-likeness (QED) is 0.794. The van der Waals surface area contributed by atoms with E-state index in [0.717, 1.165) is 64.6 Å². The third-order valence-corrected chi connectivity index (χ3v) is 5.25. The van der Waals surface area contributed by atoms with Gasteiger partial charge in [0.2, 0.25) is 11.8 Å². The minimum atomic E-state index is 0.126. The van der Waals surface area contributed by atoms with Gasteiger partial charge in [0.25, 0.3) is 0 Å². The highest BCUT2D eigenvalue weighted by molar-refractivity contribution is 5.81. The van der Waals surface area contributed by atoms with E-state index < -0.39 is 0 Å². The predicted octanol–water partition coefficient (Wildman–Crippen LogP) is 2.97. The van der Waals surface area contributed by atoms with E-state index >= 15 is 0 Å². The lowest BCUT2D eigenvalue weighted by Gasteiger charge is -2.35. The fourth-order valence-electron chi connectivity index (χ4n) is 3.78. The zero-order valence-corrected chi connectivity index (χ0v) is 14.3. The van der Waals surface area contributed by atoms with Crippen LogP contribution in [0.5, 0.6) is 0 Å². The molecular weight excluding hydrogens is 276 g/mol. The molecule has 0 spiro atoms. The van der Waals surface area contributed by atoms with Gasteiger partial charge in [0.15, 0.2) is 0 Å². The second kappa shape index (κ2) is 8.54. The molecule has 0 aromatic heterocycles. The van der Waals surface area contributed by atoms with Gasteiger partial charge in [-0.25, -0.2) is 0 Å². The first-order chi connectivity index (χ1) is 10.6. The summed E-state index contributed by atoms with van der Waals surface area (Å²) in [5.41, 5.74) is 0. The van der Waals surface area contributed by atoms with E-state index in [1.165, 1.54) is 6.42 Å². The Morgan fingerprint density at radius 2 is 1.77 bits per heavy atom. The van der Waals surface area contributed by atoms with Gasteiger partial charge in [-0.1, -0.05) is 20.3 Å². The van der Waals surface area contributed by atoms with Gasteiger partial charge in [0, 0.05) is 31.5 Å². The zero-order valence-electron chi connectivity index (χ0n) is 14.3. The summed E-state index contributed by atoms with van der Waals surface area (Å²) in [6, 6.07) is 0. The molecular formula is C18H32N2O2. The van der Waals surface area contributed by atoms with Gasteiger partial charge in [0.05, 0.1) is 0 Å². The number of nitrogens with one attached hydrogen (secondary N) is 1. The highest BCUT2D eigenvalue weighted by Gasteiger charge is 2.33. The first-order valence-electron chi connectivity index (χ1n) is 9.18. The molecule has 4 nitrogen and oxygen atoms in total. The number of rotatable bonds is 5. The van der Waals surface area contributed by atoms with E-state index in [2.05, 4.69) is 24.1 Å². The second-order valence-corrected chi connectivity index (χ2v) is 7.22. The molecule has 1 unspecified atom stereocenters. The van der Waals surface area contributed by atoms with Gasteiger partial charge in [-0.05, 0) is 50.9 Å². The molecule has 1 aliphatic carbocycles. The van der Waals surface area contributed by atoms with Crippen LogP contribution in [-0.2, 0) is 9.59 Å². The molecule has 1 atom stereocenters. The maximum absolute atomic E-state index is 12.6. The number of hydrogen-bond donors (Lipinski definition) is 1. The lowest BCUT2D eigenvalue weighted by molar-refractivity contribution is -0.140. The van der Waals surface area contributed by atoms with E-state index in [9.17, 15) is 9.59 Å². The van der Waals surface area contributed by atoms with Gasteiger partial charge in [-0.15, -0.1) is 0 Å². The molecule has 0 bridgehead atoms. The molecule has 0 aromatic carbocycles. The lowest BCUT2D eigenvalue weighted by atomic mass is 9.80. The smallest absolute Gasteiger partial charge is 0.225 e. The van der Waals surface area contributed by atoms with Crippen molar-refractivity contribution in [2.45, 2.75) is 65.2 Å². The molecule has 2 amide bonds. The number of carbonyl (C=O) groups excluding carboxylic acids is 2. The number of hydrogen-bond acceptors (Lipinski definition) is 2. The van der Waals surface area contributed by atoms with Crippen molar-refractivity contribution in [1.29, 1.82) is 0 Å². The molecule has 4 heteroatoms. The SMILES string of the molecule is CCCCNC(=O)C1CCC(C(=O)N2CCCC(C)C2)CC1. The second-order valence-electron chi connectivity index (χ2n) is 7.22. The van der Waals surface area contributed by atoms with Crippen LogP contribution in [0.15, 0.2) is 0 Å². The van der Waals surface area contributed by atoms with E-state index in [1.807, 2.05) is 0 Å².